The molecule has 75 heavy (non-hydrogen) atoms. The Bertz CT molecular complexity index is 2200. The maximum Gasteiger partial charge on any atom is 0.152 e. The van der Waals surface area contributed by atoms with Gasteiger partial charge in [-0.2, -0.15) is 0 Å². The minimum absolute atomic E-state index is 0.00884. The molecule has 9 atom stereocenters. The molecule has 0 fully saturated rings. The number of aryl methyl sites for hydroxylation is 4. The van der Waals surface area contributed by atoms with E-state index in [2.05, 4.69) is 222 Å². The summed E-state index contributed by atoms with van der Waals surface area (Å²) in [4.78, 5) is 46.7. The number of likely N-dealkylation sites (N-methyl/N-ethyl adjacent to an activating group) is 3. The standard InChI is InChI=1S/C27H39NO.C22H37NO.C19H33NOS/c1-19(2)27(29)26(28(7)20(3)4)22(6)21(5)13-14-23-15-17-25(18-16-23)24-11-9-8-10-12-24;1-15(2)22(24)21(23(8)16(3)4)19(7)17(5)13-14-20-12-10-9-11-18(20)6;1-13(2)19(21)18(20(7)14(3)4)16(6)15(5)10-11-17-9-8-12-22-17/h8-12,15-22,26H,13-14H2,1-7H3;9-12,15-17,19,21H,13-14H2,1-8H3;8-9,12-16,18H,10-11H2,1-7H3/t21-,22-,26+;17-,19-,21+;15-,16-,18+/m111/s1. The SMILES string of the molecule is CC(C)C(=O)[C@H]([C@H](C)[C@H](C)CCc1ccc(-c2ccccc2)cc1)N(C)C(C)C.CC(C)C(=O)[C@H]([C@H](C)[C@H](C)CCc1cccs1)N(C)C(C)C.Cc1ccccc1CC[C@@H](C)[C@@H](C)[C@@H](C(=O)C(C)C)N(C)C(C)C. The second-order valence-electron chi connectivity index (χ2n) is 24.5. The second kappa shape index (κ2) is 33.5. The smallest absolute Gasteiger partial charge is 0.152 e. The largest absolute Gasteiger partial charge is 0.298 e. The summed E-state index contributed by atoms with van der Waals surface area (Å²) in [5.41, 5.74) is 6.68. The zero-order valence-corrected chi connectivity index (χ0v) is 52.4. The van der Waals surface area contributed by atoms with Crippen LogP contribution in [-0.2, 0) is 33.6 Å². The predicted molar refractivity (Wildman–Crippen MR) is 327 cm³/mol. The summed E-state index contributed by atoms with van der Waals surface area (Å²) in [6.07, 6.45) is 6.63. The van der Waals surface area contributed by atoms with Crippen molar-refractivity contribution < 1.29 is 14.4 Å². The molecule has 0 amide bonds. The molecular weight excluding hydrogens is 939 g/mol. The molecule has 0 aliphatic heterocycles. The third kappa shape index (κ3) is 21.5. The molecule has 7 heteroatoms. The molecule has 0 spiro atoms. The highest BCUT2D eigenvalue weighted by Crippen LogP contribution is 2.31. The number of carbonyl (C=O) groups is 3. The van der Waals surface area contributed by atoms with E-state index in [4.69, 9.17) is 0 Å². The molecule has 0 unspecified atom stereocenters. The van der Waals surface area contributed by atoms with Gasteiger partial charge in [0, 0.05) is 40.8 Å². The highest BCUT2D eigenvalue weighted by Gasteiger charge is 2.37. The van der Waals surface area contributed by atoms with E-state index < -0.39 is 0 Å². The van der Waals surface area contributed by atoms with Gasteiger partial charge in [-0.25, -0.2) is 0 Å². The number of ketones is 3. The lowest BCUT2D eigenvalue weighted by molar-refractivity contribution is -0.130. The van der Waals surface area contributed by atoms with Gasteiger partial charge < -0.3 is 0 Å². The van der Waals surface area contributed by atoms with Gasteiger partial charge in [-0.15, -0.1) is 11.3 Å². The van der Waals surface area contributed by atoms with E-state index in [9.17, 15) is 14.4 Å². The third-order valence-electron chi connectivity index (χ3n) is 17.0. The van der Waals surface area contributed by atoms with Gasteiger partial charge in [0.05, 0.1) is 18.1 Å². The van der Waals surface area contributed by atoms with Crippen LogP contribution in [0.15, 0.2) is 96.4 Å². The van der Waals surface area contributed by atoms with E-state index >= 15 is 0 Å². The number of rotatable bonds is 28. The molecule has 0 saturated heterocycles. The molecule has 0 saturated carbocycles. The van der Waals surface area contributed by atoms with Crippen molar-refractivity contribution in [3.8, 4) is 11.1 Å². The third-order valence-corrected chi connectivity index (χ3v) is 18.0. The molecule has 0 radical (unpaired) electrons. The lowest BCUT2D eigenvalue weighted by Gasteiger charge is -2.38. The van der Waals surface area contributed by atoms with Crippen LogP contribution in [0.5, 0.6) is 0 Å². The summed E-state index contributed by atoms with van der Waals surface area (Å²) in [6, 6.07) is 33.5. The average Bonchev–Trinajstić information content (AvgIpc) is 3.91. The van der Waals surface area contributed by atoms with E-state index in [0.717, 1.165) is 38.5 Å². The van der Waals surface area contributed by atoms with Crippen molar-refractivity contribution in [2.75, 3.05) is 21.1 Å². The first-order valence-corrected chi connectivity index (χ1v) is 30.0. The summed E-state index contributed by atoms with van der Waals surface area (Å²) in [5, 5.41) is 2.14. The van der Waals surface area contributed by atoms with Crippen LogP contribution in [-0.4, -0.2) is 89.4 Å². The van der Waals surface area contributed by atoms with E-state index in [-0.39, 0.29) is 35.9 Å². The van der Waals surface area contributed by atoms with Crippen molar-refractivity contribution in [1.82, 2.24) is 14.7 Å². The molecule has 0 N–H and O–H groups in total. The Kier molecular flexibility index (Phi) is 30.1. The molecule has 420 valence electrons. The van der Waals surface area contributed by atoms with Gasteiger partial charge in [0.15, 0.2) is 17.3 Å². The molecule has 3 aromatic carbocycles. The first kappa shape index (κ1) is 67.4. The highest BCUT2D eigenvalue weighted by molar-refractivity contribution is 7.09. The minimum atomic E-state index is -0.00884. The van der Waals surface area contributed by atoms with Crippen LogP contribution < -0.4 is 0 Å². The summed E-state index contributed by atoms with van der Waals surface area (Å²) in [7, 11) is 6.29. The van der Waals surface area contributed by atoms with E-state index in [1.54, 1.807) is 0 Å². The number of hydrogen-bond donors (Lipinski definition) is 0. The van der Waals surface area contributed by atoms with Gasteiger partial charge >= 0.3 is 0 Å². The molecule has 1 aromatic heterocycles. The highest BCUT2D eigenvalue weighted by atomic mass is 32.1. The first-order valence-electron chi connectivity index (χ1n) is 29.1. The Morgan fingerprint density at radius 1 is 0.413 bits per heavy atom. The van der Waals surface area contributed by atoms with Crippen LogP contribution in [0.25, 0.3) is 11.1 Å². The molecule has 0 aliphatic carbocycles. The van der Waals surface area contributed by atoms with Crippen molar-refractivity contribution in [2.45, 2.75) is 206 Å². The fraction of sp³-hybridized carbons (Fsp3) is 0.632. The number of hydrogen-bond acceptors (Lipinski definition) is 7. The fourth-order valence-electron chi connectivity index (χ4n) is 10.2. The maximum atomic E-state index is 12.9. The zero-order chi connectivity index (χ0) is 56.9. The number of thiophene rings is 1. The van der Waals surface area contributed by atoms with Gasteiger partial charge in [0.2, 0.25) is 0 Å². The van der Waals surface area contributed by atoms with E-state index in [1.807, 2.05) is 52.9 Å². The first-order chi connectivity index (χ1) is 35.1. The second-order valence-corrected chi connectivity index (χ2v) is 25.5. The monoisotopic (exact) mass is 1050 g/mol. The van der Waals surface area contributed by atoms with Crippen molar-refractivity contribution in [1.29, 1.82) is 0 Å². The van der Waals surface area contributed by atoms with Gasteiger partial charge in [0.25, 0.3) is 0 Å². The van der Waals surface area contributed by atoms with Crippen LogP contribution in [0.2, 0.25) is 0 Å². The molecule has 0 aliphatic rings. The predicted octanol–water partition coefficient (Wildman–Crippen LogP) is 16.5. The van der Waals surface area contributed by atoms with E-state index in [0.29, 0.717) is 71.0 Å². The molecule has 4 rings (SSSR count). The number of carbonyl (C=O) groups excluding carboxylic acids is 3. The topological polar surface area (TPSA) is 60.9 Å². The Morgan fingerprint density at radius 2 is 0.773 bits per heavy atom. The quantitative estimate of drug-likeness (QED) is 0.0565. The number of benzene rings is 3. The Morgan fingerprint density at radius 3 is 1.13 bits per heavy atom. The maximum absolute atomic E-state index is 12.9. The number of nitrogens with zero attached hydrogens (tertiary/aromatic N) is 3. The van der Waals surface area contributed by atoms with Crippen molar-refractivity contribution in [3.05, 3.63) is 118 Å². The normalized spacial score (nSPS) is 15.6. The Balaban J connectivity index is 0.000000390. The van der Waals surface area contributed by atoms with E-state index in [1.165, 1.54) is 32.7 Å². The molecule has 0 bridgehead atoms. The number of Topliss-reactive ketones (excluding diaryl/α,β-unsaturated/α-hetero) is 3. The lowest BCUT2D eigenvalue weighted by Crippen LogP contribution is -2.49. The molecule has 6 nitrogen and oxygen atoms in total. The molecule has 1 heterocycles. The van der Waals surface area contributed by atoms with Crippen LogP contribution in [0.4, 0.5) is 0 Å². The van der Waals surface area contributed by atoms with Gasteiger partial charge in [0.1, 0.15) is 0 Å². The van der Waals surface area contributed by atoms with Gasteiger partial charge in [-0.3, -0.25) is 29.1 Å². The summed E-state index contributed by atoms with van der Waals surface area (Å²) in [5.74, 6) is 3.98. The molecular formula is C68H109N3O3S. The van der Waals surface area contributed by atoms with Crippen molar-refractivity contribution in [3.63, 3.8) is 0 Å². The average molecular weight is 1050 g/mol. The fourth-order valence-corrected chi connectivity index (χ4v) is 10.9. The van der Waals surface area contributed by atoms with Crippen LogP contribution in [0.1, 0.15) is 165 Å². The van der Waals surface area contributed by atoms with Crippen LogP contribution in [0.3, 0.4) is 0 Å². The summed E-state index contributed by atoms with van der Waals surface area (Å²) >= 11 is 1.83. The Hall–Kier alpha value is -3.75. The van der Waals surface area contributed by atoms with Crippen LogP contribution in [0, 0.1) is 60.2 Å². The van der Waals surface area contributed by atoms with Gasteiger partial charge in [-0.05, 0) is 183 Å². The van der Waals surface area contributed by atoms with Crippen molar-refractivity contribution >= 4 is 28.7 Å². The summed E-state index contributed by atoms with van der Waals surface area (Å²) in [6.45, 7) is 41.0. The lowest BCUT2D eigenvalue weighted by atomic mass is 9.80. The summed E-state index contributed by atoms with van der Waals surface area (Å²) < 4.78 is 0. The zero-order valence-electron chi connectivity index (χ0n) is 51.6. The van der Waals surface area contributed by atoms with Crippen LogP contribution >= 0.6 is 11.3 Å². The molecule has 4 aromatic rings. The van der Waals surface area contributed by atoms with Crippen molar-refractivity contribution in [2.24, 2.45) is 53.3 Å². The Labute approximate surface area is 465 Å². The van der Waals surface area contributed by atoms with Gasteiger partial charge in [-0.1, -0.05) is 168 Å². The minimum Gasteiger partial charge on any atom is -0.298 e.